The van der Waals surface area contributed by atoms with Crippen LogP contribution in [0.3, 0.4) is 0 Å². The zero-order valence-electron chi connectivity index (χ0n) is 18.8. The van der Waals surface area contributed by atoms with E-state index in [0.29, 0.717) is 17.3 Å². The summed E-state index contributed by atoms with van der Waals surface area (Å²) in [5.74, 6) is 0.914. The minimum Gasteiger partial charge on any atom is -0.378 e. The summed E-state index contributed by atoms with van der Waals surface area (Å²) in [5, 5.41) is 14.6. The van der Waals surface area contributed by atoms with Crippen LogP contribution >= 0.6 is 0 Å². The zero-order valence-corrected chi connectivity index (χ0v) is 19.6. The van der Waals surface area contributed by atoms with Crippen molar-refractivity contribution >= 4 is 27.3 Å². The van der Waals surface area contributed by atoms with Crippen molar-refractivity contribution in [3.63, 3.8) is 0 Å². The van der Waals surface area contributed by atoms with Gasteiger partial charge in [0.15, 0.2) is 5.75 Å². The molecule has 0 amide bonds. The number of nitrogens with one attached hydrogen (secondary N) is 1. The van der Waals surface area contributed by atoms with E-state index >= 15 is 0 Å². The van der Waals surface area contributed by atoms with E-state index in [1.54, 1.807) is 24.3 Å². The summed E-state index contributed by atoms with van der Waals surface area (Å²) in [6, 6.07) is 17.5. The third kappa shape index (κ3) is 4.69. The van der Waals surface area contributed by atoms with Crippen LogP contribution in [0.5, 0.6) is 5.75 Å². The summed E-state index contributed by atoms with van der Waals surface area (Å²) in [6.07, 6.45) is 7.61. The Morgan fingerprint density at radius 1 is 0.971 bits per heavy atom. The maximum atomic E-state index is 13.0. The topological polar surface area (TPSA) is 116 Å². The largest absolute Gasteiger partial charge is 0.378 e. The molecule has 35 heavy (non-hydrogen) atoms. The molecular weight excluding hydrogens is 468 g/mol. The molecule has 0 unspecified atom stereocenters. The minimum atomic E-state index is -4.23. The van der Waals surface area contributed by atoms with Gasteiger partial charge in [-0.1, -0.05) is 37.5 Å². The fourth-order valence-corrected chi connectivity index (χ4v) is 5.34. The van der Waals surface area contributed by atoms with Gasteiger partial charge < -0.3 is 9.50 Å². The first-order valence-corrected chi connectivity index (χ1v) is 12.9. The summed E-state index contributed by atoms with van der Waals surface area (Å²) in [7, 11) is -4.23. The fourth-order valence-electron chi connectivity index (χ4n) is 4.40. The molecule has 0 radical (unpaired) electrons. The van der Waals surface area contributed by atoms with Crippen molar-refractivity contribution in [1.82, 2.24) is 9.38 Å². The van der Waals surface area contributed by atoms with Gasteiger partial charge in [-0.3, -0.25) is 14.5 Å². The summed E-state index contributed by atoms with van der Waals surface area (Å²) in [6.45, 7) is 0. The van der Waals surface area contributed by atoms with E-state index in [-0.39, 0.29) is 16.3 Å². The van der Waals surface area contributed by atoms with E-state index < -0.39 is 15.0 Å². The van der Waals surface area contributed by atoms with Gasteiger partial charge in [0, 0.05) is 29.9 Å². The zero-order chi connectivity index (χ0) is 24.4. The van der Waals surface area contributed by atoms with Gasteiger partial charge in [0.05, 0.1) is 4.92 Å². The summed E-state index contributed by atoms with van der Waals surface area (Å²) < 4.78 is 33.5. The lowest BCUT2D eigenvalue weighted by molar-refractivity contribution is -0.384. The number of aromatic nitrogens is 2. The molecule has 1 N–H and O–H groups in total. The number of rotatable bonds is 7. The van der Waals surface area contributed by atoms with Crippen molar-refractivity contribution in [3.05, 3.63) is 83.0 Å². The number of nitro groups is 1. The molecule has 1 saturated carbocycles. The van der Waals surface area contributed by atoms with Crippen LogP contribution in [0.2, 0.25) is 0 Å². The molecule has 2 heterocycles. The SMILES string of the molecule is O=[N+]([O-])c1ccc(S(=O)(=O)Oc2ccccc2-c2nc3ccccn3c2NC2CCCCC2)cc1. The normalized spacial score (nSPS) is 14.6. The monoisotopic (exact) mass is 492 g/mol. The molecule has 0 atom stereocenters. The van der Waals surface area contributed by atoms with Gasteiger partial charge in [-0.05, 0) is 49.2 Å². The van der Waals surface area contributed by atoms with E-state index in [1.807, 2.05) is 28.8 Å². The second-order valence-corrected chi connectivity index (χ2v) is 10.0. The molecule has 2 aromatic carbocycles. The second kappa shape index (κ2) is 9.38. The van der Waals surface area contributed by atoms with Crippen molar-refractivity contribution in [3.8, 4) is 17.0 Å². The van der Waals surface area contributed by atoms with Crippen LogP contribution in [0.25, 0.3) is 16.9 Å². The van der Waals surface area contributed by atoms with E-state index in [2.05, 4.69) is 5.32 Å². The first-order valence-electron chi connectivity index (χ1n) is 11.4. The lowest BCUT2D eigenvalue weighted by Crippen LogP contribution is -2.23. The molecule has 0 saturated heterocycles. The van der Waals surface area contributed by atoms with Crippen LogP contribution in [0, 0.1) is 10.1 Å². The fraction of sp³-hybridized carbons (Fsp3) is 0.240. The number of anilines is 1. The van der Waals surface area contributed by atoms with Gasteiger partial charge in [0.25, 0.3) is 5.69 Å². The van der Waals surface area contributed by atoms with Crippen LogP contribution in [0.15, 0.2) is 77.8 Å². The van der Waals surface area contributed by atoms with Crippen LogP contribution in [-0.4, -0.2) is 28.8 Å². The van der Waals surface area contributed by atoms with E-state index in [1.165, 1.54) is 6.42 Å². The molecule has 0 aliphatic heterocycles. The maximum absolute atomic E-state index is 13.0. The molecule has 1 aliphatic carbocycles. The predicted octanol–water partition coefficient (Wildman–Crippen LogP) is 5.42. The molecule has 0 bridgehead atoms. The third-order valence-electron chi connectivity index (χ3n) is 6.15. The molecule has 4 aromatic rings. The first-order chi connectivity index (χ1) is 16.9. The van der Waals surface area contributed by atoms with E-state index in [9.17, 15) is 18.5 Å². The van der Waals surface area contributed by atoms with Crippen LogP contribution < -0.4 is 9.50 Å². The maximum Gasteiger partial charge on any atom is 0.339 e. The summed E-state index contributed by atoms with van der Waals surface area (Å²) >= 11 is 0. The number of benzene rings is 2. The lowest BCUT2D eigenvalue weighted by Gasteiger charge is -2.24. The highest BCUT2D eigenvalue weighted by molar-refractivity contribution is 7.87. The summed E-state index contributed by atoms with van der Waals surface area (Å²) in [5.41, 5.74) is 1.65. The Labute approximate surface area is 202 Å². The van der Waals surface area contributed by atoms with Crippen molar-refractivity contribution in [2.45, 2.75) is 43.0 Å². The molecule has 0 spiro atoms. The highest BCUT2D eigenvalue weighted by Gasteiger charge is 2.24. The molecule has 9 nitrogen and oxygen atoms in total. The molecule has 2 aromatic heterocycles. The van der Waals surface area contributed by atoms with Gasteiger partial charge in [-0.25, -0.2) is 4.98 Å². The highest BCUT2D eigenvalue weighted by atomic mass is 32.2. The number of fused-ring (bicyclic) bond motifs is 1. The average Bonchev–Trinajstić information content (AvgIpc) is 3.23. The van der Waals surface area contributed by atoms with Crippen molar-refractivity contribution in [1.29, 1.82) is 0 Å². The van der Waals surface area contributed by atoms with Gasteiger partial charge in [0.1, 0.15) is 22.1 Å². The van der Waals surface area contributed by atoms with Crippen LogP contribution in [0.4, 0.5) is 11.5 Å². The molecule has 180 valence electrons. The highest BCUT2D eigenvalue weighted by Crippen LogP contribution is 2.37. The molecule has 1 aliphatic rings. The Kier molecular flexibility index (Phi) is 6.12. The molecule has 5 rings (SSSR count). The number of nitrogens with zero attached hydrogens (tertiary/aromatic N) is 3. The van der Waals surface area contributed by atoms with E-state index in [4.69, 9.17) is 9.17 Å². The minimum absolute atomic E-state index is 0.126. The predicted molar refractivity (Wildman–Crippen MR) is 132 cm³/mol. The van der Waals surface area contributed by atoms with Gasteiger partial charge in [-0.15, -0.1) is 0 Å². The Hall–Kier alpha value is -3.92. The number of hydrogen-bond donors (Lipinski definition) is 1. The van der Waals surface area contributed by atoms with Gasteiger partial charge in [0.2, 0.25) is 0 Å². The standard InChI is InChI=1S/C25H24N4O5S/c30-29(31)19-13-15-20(16-14-19)35(32,33)34-22-11-5-4-10-21(22)24-25(26-18-8-2-1-3-9-18)28-17-7-6-12-23(28)27-24/h4-7,10-18,26H,1-3,8-9H2. The Morgan fingerprint density at radius 3 is 2.43 bits per heavy atom. The van der Waals surface area contributed by atoms with Crippen LogP contribution in [0.1, 0.15) is 32.1 Å². The average molecular weight is 493 g/mol. The van der Waals surface area contributed by atoms with Crippen molar-refractivity contribution in [2.24, 2.45) is 0 Å². The van der Waals surface area contributed by atoms with E-state index in [0.717, 1.165) is 61.4 Å². The van der Waals surface area contributed by atoms with Crippen LogP contribution in [-0.2, 0) is 10.1 Å². The van der Waals surface area contributed by atoms with Gasteiger partial charge >= 0.3 is 10.1 Å². The smallest absolute Gasteiger partial charge is 0.339 e. The molecule has 1 fully saturated rings. The number of nitro benzene ring substituents is 1. The second-order valence-electron chi connectivity index (χ2n) is 8.50. The van der Waals surface area contributed by atoms with Crippen molar-refractivity contribution in [2.75, 3.05) is 5.32 Å². The Bertz CT molecular complexity index is 1480. The molecule has 10 heteroatoms. The third-order valence-corrected chi connectivity index (χ3v) is 7.40. The first kappa shape index (κ1) is 22.9. The number of pyridine rings is 1. The number of imidazole rings is 1. The van der Waals surface area contributed by atoms with Gasteiger partial charge in [-0.2, -0.15) is 8.42 Å². The number of non-ortho nitro benzene ring substituents is 1. The Morgan fingerprint density at radius 2 is 1.69 bits per heavy atom. The molecular formula is C25H24N4O5S. The number of para-hydroxylation sites is 1. The van der Waals surface area contributed by atoms with Crippen molar-refractivity contribution < 1.29 is 17.5 Å². The quantitative estimate of drug-likeness (QED) is 0.208. The number of hydrogen-bond acceptors (Lipinski definition) is 7. The lowest BCUT2D eigenvalue weighted by atomic mass is 9.95. The Balaban J connectivity index is 1.54. The summed E-state index contributed by atoms with van der Waals surface area (Å²) in [4.78, 5) is 14.9.